The molecule has 0 saturated carbocycles. The summed E-state index contributed by atoms with van der Waals surface area (Å²) >= 11 is 11.9. The summed E-state index contributed by atoms with van der Waals surface area (Å²) in [7, 11) is 0. The molecule has 2 N–H and O–H groups in total. The Morgan fingerprint density at radius 3 is 2.65 bits per heavy atom. The molecule has 0 aliphatic rings. The number of nitrogens with one attached hydrogen (secondary N) is 2. The van der Waals surface area contributed by atoms with Crippen LogP contribution in [0.15, 0.2) is 28.8 Å². The van der Waals surface area contributed by atoms with Gasteiger partial charge in [0.25, 0.3) is 0 Å². The van der Waals surface area contributed by atoms with E-state index in [9.17, 15) is 4.79 Å². The molecule has 0 bridgehead atoms. The Morgan fingerprint density at radius 2 is 2.05 bits per heavy atom. The van der Waals surface area contributed by atoms with Crippen molar-refractivity contribution in [3.8, 4) is 0 Å². The molecule has 1 aromatic heterocycles. The van der Waals surface area contributed by atoms with E-state index in [0.29, 0.717) is 28.0 Å². The zero-order valence-electron chi connectivity index (χ0n) is 10.7. The van der Waals surface area contributed by atoms with E-state index in [2.05, 4.69) is 15.8 Å². The van der Waals surface area contributed by atoms with E-state index in [4.69, 9.17) is 27.7 Å². The van der Waals surface area contributed by atoms with Crippen molar-refractivity contribution in [2.24, 2.45) is 0 Å². The van der Waals surface area contributed by atoms with Crippen molar-refractivity contribution >= 4 is 34.8 Å². The van der Waals surface area contributed by atoms with Gasteiger partial charge in [0, 0.05) is 6.07 Å². The second-order valence-corrected chi connectivity index (χ2v) is 5.00. The van der Waals surface area contributed by atoms with Crippen molar-refractivity contribution in [1.82, 2.24) is 10.5 Å². The number of amides is 1. The molecule has 0 saturated heterocycles. The summed E-state index contributed by atoms with van der Waals surface area (Å²) in [6, 6.07) is 6.84. The third-order valence-electron chi connectivity index (χ3n) is 2.49. The largest absolute Gasteiger partial charge is 0.360 e. The molecule has 0 fully saturated rings. The number of anilines is 1. The minimum atomic E-state index is -0.240. The molecule has 106 valence electrons. The van der Waals surface area contributed by atoms with Gasteiger partial charge in [0.1, 0.15) is 0 Å². The van der Waals surface area contributed by atoms with Crippen LogP contribution >= 0.6 is 23.2 Å². The molecule has 0 aliphatic carbocycles. The quantitative estimate of drug-likeness (QED) is 0.890. The second kappa shape index (κ2) is 6.74. The lowest BCUT2D eigenvalue weighted by Crippen LogP contribution is -2.27. The third-order valence-corrected chi connectivity index (χ3v) is 3.12. The molecule has 0 radical (unpaired) electrons. The van der Waals surface area contributed by atoms with Crippen LogP contribution in [0.25, 0.3) is 0 Å². The molecule has 0 unspecified atom stereocenters. The Hall–Kier alpha value is -1.56. The first-order valence-corrected chi connectivity index (χ1v) is 6.68. The first kappa shape index (κ1) is 14.8. The van der Waals surface area contributed by atoms with Crippen molar-refractivity contribution < 1.29 is 9.32 Å². The summed E-state index contributed by atoms with van der Waals surface area (Å²) in [5, 5.41) is 10.2. The molecule has 0 atom stereocenters. The fourth-order valence-corrected chi connectivity index (χ4v) is 2.09. The van der Waals surface area contributed by atoms with Crippen molar-refractivity contribution in [3.63, 3.8) is 0 Å². The van der Waals surface area contributed by atoms with E-state index in [-0.39, 0.29) is 12.5 Å². The lowest BCUT2D eigenvalue weighted by molar-refractivity contribution is -0.115. The SMILES string of the molecule is Cc1cc(CNCC(=O)Nc2c(Cl)cccc2Cl)on1. The van der Waals surface area contributed by atoms with Gasteiger partial charge in [-0.15, -0.1) is 0 Å². The van der Waals surface area contributed by atoms with Crippen molar-refractivity contribution in [2.75, 3.05) is 11.9 Å². The van der Waals surface area contributed by atoms with Gasteiger partial charge in [0.2, 0.25) is 5.91 Å². The zero-order valence-corrected chi connectivity index (χ0v) is 12.3. The standard InChI is InChI=1S/C13H13Cl2N3O2/c1-8-5-9(20-18-8)6-16-7-12(19)17-13-10(14)3-2-4-11(13)15/h2-5,16H,6-7H2,1H3,(H,17,19). The van der Waals surface area contributed by atoms with Gasteiger partial charge >= 0.3 is 0 Å². The van der Waals surface area contributed by atoms with E-state index >= 15 is 0 Å². The maximum atomic E-state index is 11.8. The maximum absolute atomic E-state index is 11.8. The van der Waals surface area contributed by atoms with Gasteiger partial charge in [-0.2, -0.15) is 0 Å². The first-order chi connectivity index (χ1) is 9.56. The van der Waals surface area contributed by atoms with Crippen LogP contribution in [0.3, 0.4) is 0 Å². The number of aryl methyl sites for hydroxylation is 1. The number of halogens is 2. The number of aromatic nitrogens is 1. The minimum absolute atomic E-state index is 0.112. The molecule has 5 nitrogen and oxygen atoms in total. The predicted octanol–water partition coefficient (Wildman–Crippen LogP) is 3.02. The van der Waals surface area contributed by atoms with Gasteiger partial charge in [0.05, 0.1) is 34.5 Å². The Morgan fingerprint density at radius 1 is 1.35 bits per heavy atom. The second-order valence-electron chi connectivity index (χ2n) is 4.18. The van der Waals surface area contributed by atoms with E-state index in [1.807, 2.05) is 6.92 Å². The van der Waals surface area contributed by atoms with Gasteiger partial charge in [-0.25, -0.2) is 0 Å². The zero-order chi connectivity index (χ0) is 14.5. The maximum Gasteiger partial charge on any atom is 0.238 e. The van der Waals surface area contributed by atoms with Crippen LogP contribution in [0.5, 0.6) is 0 Å². The molecular formula is C13H13Cl2N3O2. The number of carbonyl (C=O) groups excluding carboxylic acids is 1. The molecule has 0 spiro atoms. The summed E-state index contributed by atoms with van der Waals surface area (Å²) in [4.78, 5) is 11.8. The van der Waals surface area contributed by atoms with Crippen LogP contribution in [0, 0.1) is 6.92 Å². The third kappa shape index (κ3) is 3.96. The number of rotatable bonds is 5. The topological polar surface area (TPSA) is 67.2 Å². The monoisotopic (exact) mass is 313 g/mol. The van der Waals surface area contributed by atoms with Gasteiger partial charge < -0.3 is 15.2 Å². The van der Waals surface area contributed by atoms with Crippen LogP contribution in [0.1, 0.15) is 11.5 Å². The average Bonchev–Trinajstić information content (AvgIpc) is 2.80. The fourth-order valence-electron chi connectivity index (χ4n) is 1.60. The number of hydrogen-bond acceptors (Lipinski definition) is 4. The van der Waals surface area contributed by atoms with Gasteiger partial charge in [-0.1, -0.05) is 34.4 Å². The molecule has 1 amide bonds. The van der Waals surface area contributed by atoms with Crippen molar-refractivity contribution in [3.05, 3.63) is 45.8 Å². The van der Waals surface area contributed by atoms with Crippen molar-refractivity contribution in [2.45, 2.75) is 13.5 Å². The summed E-state index contributed by atoms with van der Waals surface area (Å²) < 4.78 is 5.02. The number of para-hydroxylation sites is 1. The van der Waals surface area contributed by atoms with Crippen LogP contribution in [-0.4, -0.2) is 17.6 Å². The predicted molar refractivity (Wildman–Crippen MR) is 78.0 cm³/mol. The van der Waals surface area contributed by atoms with Crippen LogP contribution < -0.4 is 10.6 Å². The molecule has 1 heterocycles. The number of nitrogens with zero attached hydrogens (tertiary/aromatic N) is 1. The smallest absolute Gasteiger partial charge is 0.238 e. The lowest BCUT2D eigenvalue weighted by atomic mass is 10.3. The van der Waals surface area contributed by atoms with Crippen LogP contribution in [0.2, 0.25) is 10.0 Å². The summed E-state index contributed by atoms with van der Waals surface area (Å²) in [5.41, 5.74) is 1.22. The number of carbonyl (C=O) groups is 1. The first-order valence-electron chi connectivity index (χ1n) is 5.93. The van der Waals surface area contributed by atoms with Crippen LogP contribution in [0.4, 0.5) is 5.69 Å². The Kier molecular flexibility index (Phi) is 5.00. The van der Waals surface area contributed by atoms with E-state index in [1.165, 1.54) is 0 Å². The molecule has 20 heavy (non-hydrogen) atoms. The van der Waals surface area contributed by atoms with Crippen molar-refractivity contribution in [1.29, 1.82) is 0 Å². The summed E-state index contributed by atoms with van der Waals surface area (Å²) in [6.07, 6.45) is 0. The Labute approximate surface area is 126 Å². The highest BCUT2D eigenvalue weighted by atomic mass is 35.5. The summed E-state index contributed by atoms with van der Waals surface area (Å²) in [5.74, 6) is 0.433. The van der Waals surface area contributed by atoms with Gasteiger partial charge in [-0.05, 0) is 19.1 Å². The number of hydrogen-bond donors (Lipinski definition) is 2. The van der Waals surface area contributed by atoms with E-state index < -0.39 is 0 Å². The molecule has 7 heteroatoms. The average molecular weight is 314 g/mol. The minimum Gasteiger partial charge on any atom is -0.360 e. The highest BCUT2D eigenvalue weighted by Crippen LogP contribution is 2.29. The van der Waals surface area contributed by atoms with Gasteiger partial charge in [-0.3, -0.25) is 4.79 Å². The van der Waals surface area contributed by atoms with E-state index in [0.717, 1.165) is 5.69 Å². The highest BCUT2D eigenvalue weighted by molar-refractivity contribution is 6.39. The fraction of sp³-hybridized carbons (Fsp3) is 0.231. The number of benzene rings is 1. The molecular weight excluding hydrogens is 301 g/mol. The Bertz CT molecular complexity index is 593. The normalized spacial score (nSPS) is 10.6. The van der Waals surface area contributed by atoms with Gasteiger partial charge in [0.15, 0.2) is 5.76 Å². The molecule has 2 rings (SSSR count). The van der Waals surface area contributed by atoms with E-state index in [1.54, 1.807) is 24.3 Å². The molecule has 1 aromatic carbocycles. The summed E-state index contributed by atoms with van der Waals surface area (Å²) in [6.45, 7) is 2.37. The van der Waals surface area contributed by atoms with Crippen LogP contribution in [-0.2, 0) is 11.3 Å². The highest BCUT2D eigenvalue weighted by Gasteiger charge is 2.09. The Balaban J connectivity index is 1.84. The lowest BCUT2D eigenvalue weighted by Gasteiger charge is -2.09. The molecule has 0 aliphatic heterocycles. The molecule has 2 aromatic rings.